The number of carboxylic acids is 1. The van der Waals surface area contributed by atoms with Gasteiger partial charge in [-0.25, -0.2) is 9.79 Å². The summed E-state index contributed by atoms with van der Waals surface area (Å²) in [7, 11) is -2.82. The van der Waals surface area contributed by atoms with Gasteiger partial charge in [-0.05, 0) is 42.5 Å². The molecule has 0 aliphatic carbocycles. The van der Waals surface area contributed by atoms with Gasteiger partial charge in [0.1, 0.15) is 11.3 Å². The molecule has 4 aromatic rings. The molecular formula is C24H20BF4NO5. The molecule has 0 bridgehead atoms. The second-order valence-corrected chi connectivity index (χ2v) is 7.09. The number of carbonyl (C=O) groups is 1. The maximum atomic E-state index is 11.1. The van der Waals surface area contributed by atoms with Gasteiger partial charge in [-0.2, -0.15) is 0 Å². The third-order valence-electron chi connectivity index (χ3n) is 4.75. The Labute approximate surface area is 197 Å². The van der Waals surface area contributed by atoms with E-state index in [9.17, 15) is 22.1 Å². The van der Waals surface area contributed by atoms with Crippen LogP contribution in [0.2, 0.25) is 0 Å². The van der Waals surface area contributed by atoms with Gasteiger partial charge < -0.3 is 36.3 Å². The van der Waals surface area contributed by atoms with Crippen molar-refractivity contribution in [3.8, 4) is 22.8 Å². The number of carboxylic acid groups (broad SMARTS) is 1. The summed E-state index contributed by atoms with van der Waals surface area (Å²) in [6.45, 7) is 0. The smallest absolute Gasteiger partial charge is 0.493 e. The maximum Gasteiger partial charge on any atom is 0.673 e. The van der Waals surface area contributed by atoms with Crippen molar-refractivity contribution in [2.24, 2.45) is 0 Å². The molecule has 35 heavy (non-hydrogen) atoms. The number of halogens is 4. The van der Waals surface area contributed by atoms with Crippen molar-refractivity contribution in [2.75, 3.05) is 14.2 Å². The highest BCUT2D eigenvalue weighted by atomic mass is 19.5. The zero-order valence-corrected chi connectivity index (χ0v) is 18.6. The second kappa shape index (κ2) is 10.8. The second-order valence-electron chi connectivity index (χ2n) is 7.09. The summed E-state index contributed by atoms with van der Waals surface area (Å²) in [5.74, 6) is 0.941. The lowest BCUT2D eigenvalue weighted by molar-refractivity contribution is -0.400. The molecule has 11 heteroatoms. The highest BCUT2D eigenvalue weighted by Gasteiger charge is 2.20. The molecule has 0 radical (unpaired) electrons. The highest BCUT2D eigenvalue weighted by molar-refractivity contribution is 6.50. The molecule has 0 spiro atoms. The van der Waals surface area contributed by atoms with Gasteiger partial charge in [-0.15, -0.1) is 0 Å². The van der Waals surface area contributed by atoms with E-state index >= 15 is 0 Å². The van der Waals surface area contributed by atoms with Gasteiger partial charge in [0.25, 0.3) is 0 Å². The topological polar surface area (TPSA) is 82.9 Å². The molecule has 1 aromatic heterocycles. The van der Waals surface area contributed by atoms with Gasteiger partial charge in [-0.1, -0.05) is 12.1 Å². The fourth-order valence-corrected chi connectivity index (χ4v) is 3.22. The first kappa shape index (κ1) is 25.3. The molecule has 1 heterocycles. The van der Waals surface area contributed by atoms with E-state index in [4.69, 9.17) is 19.0 Å². The van der Waals surface area contributed by atoms with Crippen molar-refractivity contribution in [3.63, 3.8) is 0 Å². The highest BCUT2D eigenvalue weighted by Crippen LogP contribution is 2.32. The number of ether oxygens (including phenoxy) is 2. The molecule has 0 amide bonds. The Balaban J connectivity index is 0.000000623. The largest absolute Gasteiger partial charge is 0.673 e. The summed E-state index contributed by atoms with van der Waals surface area (Å²) < 4.78 is 55.9. The molecule has 0 unspecified atom stereocenters. The predicted octanol–water partition coefficient (Wildman–Crippen LogP) is 4.43. The Morgan fingerprint density at radius 2 is 1.51 bits per heavy atom. The van der Waals surface area contributed by atoms with Crippen LogP contribution < -0.4 is 19.8 Å². The van der Waals surface area contributed by atoms with E-state index in [0.29, 0.717) is 17.3 Å². The summed E-state index contributed by atoms with van der Waals surface area (Å²) in [6.07, 6.45) is 0. The number of hydrogen-bond donors (Lipinski definition) is 2. The zero-order chi connectivity index (χ0) is 25.6. The average Bonchev–Trinajstić information content (AvgIpc) is 2.82. The van der Waals surface area contributed by atoms with Crippen LogP contribution in [0.25, 0.3) is 22.3 Å². The Hall–Kier alpha value is -4.28. The number of methoxy groups -OCH3 is 2. The molecule has 4 rings (SSSR count). The lowest BCUT2D eigenvalue weighted by atomic mass is 10.1. The predicted molar refractivity (Wildman–Crippen MR) is 122 cm³/mol. The zero-order valence-electron chi connectivity index (χ0n) is 18.6. The lowest BCUT2D eigenvalue weighted by Crippen LogP contribution is -2.70. The van der Waals surface area contributed by atoms with Crippen LogP contribution in [0.5, 0.6) is 11.5 Å². The van der Waals surface area contributed by atoms with E-state index < -0.39 is 13.2 Å². The van der Waals surface area contributed by atoms with Crippen molar-refractivity contribution in [3.05, 3.63) is 83.7 Å². The van der Waals surface area contributed by atoms with Gasteiger partial charge in [0.15, 0.2) is 11.5 Å². The number of hydrogen-bond acceptors (Lipinski definition) is 4. The normalized spacial score (nSPS) is 11.5. The molecule has 2 N–H and O–H groups in total. The minimum Gasteiger partial charge on any atom is -0.493 e. The monoisotopic (exact) mass is 489 g/mol. The van der Waals surface area contributed by atoms with Gasteiger partial charge in [0, 0.05) is 17.7 Å². The van der Waals surface area contributed by atoms with Crippen LogP contribution in [0.15, 0.2) is 77.2 Å². The van der Waals surface area contributed by atoms with E-state index in [-0.39, 0.29) is 5.56 Å². The fraction of sp³-hybridized carbons (Fsp3) is 0.0833. The fourth-order valence-electron chi connectivity index (χ4n) is 3.22. The Morgan fingerprint density at radius 1 is 0.886 bits per heavy atom. The summed E-state index contributed by atoms with van der Waals surface area (Å²) in [4.78, 5) is 14.5. The third-order valence-corrected chi connectivity index (χ3v) is 4.75. The first-order valence-electron chi connectivity index (χ1n) is 10.1. The quantitative estimate of drug-likeness (QED) is 0.320. The number of para-hydroxylation sites is 1. The summed E-state index contributed by atoms with van der Waals surface area (Å²) in [6, 6.07) is 21.8. The van der Waals surface area contributed by atoms with E-state index in [2.05, 4.69) is 4.99 Å². The van der Waals surface area contributed by atoms with E-state index in [1.165, 1.54) is 0 Å². The standard InChI is InChI=1S/C24H19NO5.BF4/c1-28-21-12-9-16(13-23(21)29-2)22-14-19(18-5-3-4-6-20(18)30-22)25-17-10-7-15(8-11-17)24(26)27;2-1(3,4)5/h3-14H,1-2H3,(H,26,27);/q;-1/p+1. The molecule has 0 saturated carbocycles. The van der Waals surface area contributed by atoms with Crippen LogP contribution in [-0.4, -0.2) is 32.5 Å². The van der Waals surface area contributed by atoms with Gasteiger partial charge in [0.2, 0.25) is 11.0 Å². The minimum atomic E-state index is -6.00. The van der Waals surface area contributed by atoms with Crippen molar-refractivity contribution >= 4 is 29.9 Å². The van der Waals surface area contributed by atoms with Crippen LogP contribution >= 0.6 is 0 Å². The average molecular weight is 489 g/mol. The van der Waals surface area contributed by atoms with Crippen LogP contribution in [0.1, 0.15) is 10.4 Å². The number of fused-ring (bicyclic) bond motifs is 1. The van der Waals surface area contributed by atoms with Crippen LogP contribution in [0.4, 0.5) is 23.0 Å². The van der Waals surface area contributed by atoms with Crippen LogP contribution in [0.3, 0.4) is 0 Å². The molecule has 0 saturated heterocycles. The first-order valence-corrected chi connectivity index (χ1v) is 10.1. The van der Waals surface area contributed by atoms with Crippen molar-refractivity contribution in [1.82, 2.24) is 0 Å². The number of benzene rings is 3. The van der Waals surface area contributed by atoms with Gasteiger partial charge in [0.05, 0.1) is 31.2 Å². The summed E-state index contributed by atoms with van der Waals surface area (Å²) in [5.41, 5.74) is 2.56. The molecule has 0 aliphatic heterocycles. The van der Waals surface area contributed by atoms with E-state index in [1.807, 2.05) is 48.5 Å². The van der Waals surface area contributed by atoms with E-state index in [0.717, 1.165) is 27.6 Å². The number of nitrogens with one attached hydrogen (secondary N) is 1. The Morgan fingerprint density at radius 3 is 2.11 bits per heavy atom. The minimum absolute atomic E-state index is 0.236. The van der Waals surface area contributed by atoms with Gasteiger partial charge in [-0.3, -0.25) is 0 Å². The molecule has 3 aromatic carbocycles. The molecule has 6 nitrogen and oxygen atoms in total. The molecule has 0 atom stereocenters. The lowest BCUT2D eigenvalue weighted by Gasteiger charge is -2.09. The third kappa shape index (κ3) is 6.86. The van der Waals surface area contributed by atoms with E-state index in [1.54, 1.807) is 38.5 Å². The van der Waals surface area contributed by atoms with Gasteiger partial charge >= 0.3 is 13.2 Å². The maximum absolute atomic E-state index is 11.1. The van der Waals surface area contributed by atoms with Crippen molar-refractivity contribution in [1.29, 1.82) is 0 Å². The van der Waals surface area contributed by atoms with Crippen molar-refractivity contribution < 1.29 is 46.0 Å². The molecule has 0 aliphatic rings. The molecule has 182 valence electrons. The Kier molecular flexibility index (Phi) is 7.80. The Bertz CT molecular complexity index is 1400. The van der Waals surface area contributed by atoms with Crippen LogP contribution in [-0.2, 0) is 0 Å². The van der Waals surface area contributed by atoms with Crippen LogP contribution in [0, 0.1) is 0 Å². The number of rotatable bonds is 5. The number of aromatic carboxylic acids is 1. The van der Waals surface area contributed by atoms with Crippen molar-refractivity contribution in [2.45, 2.75) is 0 Å². The molecule has 0 fully saturated rings. The SMILES string of the molecule is COc1ccc(-c2cc(=[NH+]c3ccc(C(=O)O)cc3)c3ccccc3o2)cc1OC.F[B-](F)(F)F. The summed E-state index contributed by atoms with van der Waals surface area (Å²) in [5, 5.41) is 10.8. The summed E-state index contributed by atoms with van der Waals surface area (Å²) >= 11 is 0. The molecular weight excluding hydrogens is 469 g/mol. The first-order chi connectivity index (χ1) is 16.6.